The fourth-order valence-electron chi connectivity index (χ4n) is 5.92. The van der Waals surface area contributed by atoms with Gasteiger partial charge >= 0.3 is 0 Å². The van der Waals surface area contributed by atoms with E-state index >= 15 is 0 Å². The van der Waals surface area contributed by atoms with Gasteiger partial charge in [0.25, 0.3) is 0 Å². The molecular formula is C43H33ClN2O. The standard InChI is InChI=1S/C43H33ClN2O/c44-41-20-11-21-42(43(41)45)47-30-31-22-24-32(25-23-31)37-16-7-9-18-39(37)40-19-10-8-17-38(40)33-26-28-36(29-27-33)46(34-12-3-1-4-13-34)35-14-5-2-6-15-35/h1-29H,30,45H2. The van der Waals surface area contributed by atoms with E-state index in [9.17, 15) is 0 Å². The fraction of sp³-hybridized carbons (Fsp3) is 0.0233. The molecule has 0 fully saturated rings. The Bertz CT molecular complexity index is 2050. The number of benzene rings is 7. The van der Waals surface area contributed by atoms with Gasteiger partial charge in [-0.2, -0.15) is 0 Å². The molecule has 0 amide bonds. The second-order valence-electron chi connectivity index (χ2n) is 11.3. The van der Waals surface area contributed by atoms with Gasteiger partial charge in [0.2, 0.25) is 0 Å². The molecular weight excluding hydrogens is 596 g/mol. The van der Waals surface area contributed by atoms with Crippen LogP contribution in [0.4, 0.5) is 22.7 Å². The Hall–Kier alpha value is -5.77. The lowest BCUT2D eigenvalue weighted by molar-refractivity contribution is 0.308. The zero-order valence-corrected chi connectivity index (χ0v) is 26.5. The minimum atomic E-state index is 0.400. The Balaban J connectivity index is 1.18. The lowest BCUT2D eigenvalue weighted by Gasteiger charge is -2.25. The van der Waals surface area contributed by atoms with Gasteiger partial charge in [-0.3, -0.25) is 0 Å². The van der Waals surface area contributed by atoms with Crippen molar-refractivity contribution >= 4 is 34.4 Å². The molecule has 0 aromatic heterocycles. The highest BCUT2D eigenvalue weighted by Crippen LogP contribution is 2.40. The van der Waals surface area contributed by atoms with Gasteiger partial charge in [-0.05, 0) is 87.5 Å². The zero-order valence-electron chi connectivity index (χ0n) is 25.8. The minimum Gasteiger partial charge on any atom is -0.487 e. The van der Waals surface area contributed by atoms with E-state index in [1.807, 2.05) is 24.3 Å². The van der Waals surface area contributed by atoms with Crippen molar-refractivity contribution < 1.29 is 4.74 Å². The summed E-state index contributed by atoms with van der Waals surface area (Å²) in [4.78, 5) is 2.28. The Morgan fingerprint density at radius 1 is 0.447 bits per heavy atom. The lowest BCUT2D eigenvalue weighted by atomic mass is 9.89. The number of halogens is 1. The molecule has 7 aromatic carbocycles. The second kappa shape index (κ2) is 13.7. The number of rotatable bonds is 9. The van der Waals surface area contributed by atoms with E-state index < -0.39 is 0 Å². The van der Waals surface area contributed by atoms with Crippen molar-refractivity contribution in [3.8, 4) is 39.1 Å². The molecule has 228 valence electrons. The molecule has 0 radical (unpaired) electrons. The summed E-state index contributed by atoms with van der Waals surface area (Å²) in [7, 11) is 0. The van der Waals surface area contributed by atoms with Crippen LogP contribution in [0.2, 0.25) is 5.02 Å². The van der Waals surface area contributed by atoms with Crippen molar-refractivity contribution in [2.75, 3.05) is 10.6 Å². The van der Waals surface area contributed by atoms with Crippen molar-refractivity contribution in [1.82, 2.24) is 0 Å². The summed E-state index contributed by atoms with van der Waals surface area (Å²) in [6, 6.07) is 61.0. The zero-order chi connectivity index (χ0) is 32.0. The first-order valence-electron chi connectivity index (χ1n) is 15.6. The van der Waals surface area contributed by atoms with E-state index in [1.54, 1.807) is 6.07 Å². The van der Waals surface area contributed by atoms with Crippen LogP contribution >= 0.6 is 11.6 Å². The fourth-order valence-corrected chi connectivity index (χ4v) is 6.08. The number of anilines is 4. The van der Waals surface area contributed by atoms with E-state index in [1.165, 1.54) is 22.3 Å². The third-order valence-corrected chi connectivity index (χ3v) is 8.61. The molecule has 0 heterocycles. The van der Waals surface area contributed by atoms with Crippen LogP contribution in [0.25, 0.3) is 33.4 Å². The summed E-state index contributed by atoms with van der Waals surface area (Å²) in [5, 5.41) is 0.493. The van der Waals surface area contributed by atoms with Gasteiger partial charge in [-0.15, -0.1) is 0 Å². The van der Waals surface area contributed by atoms with Gasteiger partial charge in [0.05, 0.1) is 10.7 Å². The molecule has 0 aliphatic rings. The highest BCUT2D eigenvalue weighted by molar-refractivity contribution is 6.33. The predicted molar refractivity (Wildman–Crippen MR) is 198 cm³/mol. The molecule has 0 atom stereocenters. The topological polar surface area (TPSA) is 38.5 Å². The van der Waals surface area contributed by atoms with Gasteiger partial charge in [-0.25, -0.2) is 0 Å². The highest BCUT2D eigenvalue weighted by Gasteiger charge is 2.15. The number of hydrogen-bond acceptors (Lipinski definition) is 3. The molecule has 0 spiro atoms. The number of para-hydroxylation sites is 3. The van der Waals surface area contributed by atoms with Gasteiger partial charge < -0.3 is 15.4 Å². The number of nitrogens with zero attached hydrogens (tertiary/aromatic N) is 1. The lowest BCUT2D eigenvalue weighted by Crippen LogP contribution is -2.09. The van der Waals surface area contributed by atoms with Crippen LogP contribution in [-0.4, -0.2) is 0 Å². The van der Waals surface area contributed by atoms with Crippen molar-refractivity contribution in [2.24, 2.45) is 0 Å². The number of hydrogen-bond donors (Lipinski definition) is 1. The molecule has 2 N–H and O–H groups in total. The van der Waals surface area contributed by atoms with Crippen LogP contribution in [0.15, 0.2) is 176 Å². The average Bonchev–Trinajstić information content (AvgIpc) is 3.14. The molecule has 47 heavy (non-hydrogen) atoms. The van der Waals surface area contributed by atoms with Gasteiger partial charge in [0.15, 0.2) is 0 Å². The van der Waals surface area contributed by atoms with Crippen molar-refractivity contribution in [1.29, 1.82) is 0 Å². The highest BCUT2D eigenvalue weighted by atomic mass is 35.5. The summed E-state index contributed by atoms with van der Waals surface area (Å²) in [5.74, 6) is 0.587. The van der Waals surface area contributed by atoms with Crippen molar-refractivity contribution in [3.05, 3.63) is 187 Å². The van der Waals surface area contributed by atoms with Crippen LogP contribution in [0, 0.1) is 0 Å². The monoisotopic (exact) mass is 628 g/mol. The average molecular weight is 629 g/mol. The minimum absolute atomic E-state index is 0.400. The maximum atomic E-state index is 6.16. The molecule has 0 saturated carbocycles. The summed E-state index contributed by atoms with van der Waals surface area (Å²) in [6.07, 6.45) is 0. The smallest absolute Gasteiger partial charge is 0.144 e. The summed E-state index contributed by atoms with van der Waals surface area (Å²) >= 11 is 6.16. The summed E-state index contributed by atoms with van der Waals surface area (Å²) in [5.41, 5.74) is 17.9. The summed E-state index contributed by atoms with van der Waals surface area (Å²) in [6.45, 7) is 0.400. The first-order valence-corrected chi connectivity index (χ1v) is 16.0. The number of nitrogen functional groups attached to an aromatic ring is 1. The van der Waals surface area contributed by atoms with Crippen LogP contribution in [0.1, 0.15) is 5.56 Å². The molecule has 0 aliphatic heterocycles. The van der Waals surface area contributed by atoms with Crippen LogP contribution in [0.5, 0.6) is 5.75 Å². The predicted octanol–water partition coefficient (Wildman–Crippen LogP) is 12.0. The van der Waals surface area contributed by atoms with E-state index in [0.717, 1.165) is 33.8 Å². The normalized spacial score (nSPS) is 10.8. The molecule has 0 unspecified atom stereocenters. The van der Waals surface area contributed by atoms with Crippen LogP contribution < -0.4 is 15.4 Å². The Morgan fingerprint density at radius 3 is 1.43 bits per heavy atom. The third-order valence-electron chi connectivity index (χ3n) is 8.28. The first-order chi connectivity index (χ1) is 23.2. The van der Waals surface area contributed by atoms with Crippen LogP contribution in [0.3, 0.4) is 0 Å². The maximum Gasteiger partial charge on any atom is 0.144 e. The van der Waals surface area contributed by atoms with Gasteiger partial charge in [0, 0.05) is 17.1 Å². The molecule has 0 saturated heterocycles. The van der Waals surface area contributed by atoms with Crippen molar-refractivity contribution in [2.45, 2.75) is 6.61 Å². The largest absolute Gasteiger partial charge is 0.487 e. The quantitative estimate of drug-likeness (QED) is 0.162. The molecule has 3 nitrogen and oxygen atoms in total. The summed E-state index contributed by atoms with van der Waals surface area (Å²) < 4.78 is 5.97. The SMILES string of the molecule is Nc1c(Cl)cccc1OCc1ccc(-c2ccccc2-c2ccccc2-c2ccc(N(c3ccccc3)c3ccccc3)cc2)cc1. The Kier molecular flexibility index (Phi) is 8.72. The van der Waals surface area contributed by atoms with E-state index in [2.05, 4.69) is 150 Å². The molecule has 7 aromatic rings. The van der Waals surface area contributed by atoms with Gasteiger partial charge in [-0.1, -0.05) is 139 Å². The molecule has 0 bridgehead atoms. The second-order valence-corrected chi connectivity index (χ2v) is 11.7. The van der Waals surface area contributed by atoms with E-state index in [0.29, 0.717) is 23.1 Å². The number of ether oxygens (including phenoxy) is 1. The Morgan fingerprint density at radius 2 is 0.894 bits per heavy atom. The van der Waals surface area contributed by atoms with Crippen molar-refractivity contribution in [3.63, 3.8) is 0 Å². The third kappa shape index (κ3) is 6.48. The number of nitrogens with two attached hydrogens (primary N) is 1. The maximum absolute atomic E-state index is 6.16. The molecule has 4 heteroatoms. The van der Waals surface area contributed by atoms with E-state index in [4.69, 9.17) is 22.1 Å². The Labute approximate surface area is 281 Å². The van der Waals surface area contributed by atoms with Crippen LogP contribution in [-0.2, 0) is 6.61 Å². The first kappa shape index (κ1) is 29.9. The van der Waals surface area contributed by atoms with E-state index in [-0.39, 0.29) is 0 Å². The molecule has 7 rings (SSSR count). The van der Waals surface area contributed by atoms with Gasteiger partial charge in [0.1, 0.15) is 12.4 Å². The molecule has 0 aliphatic carbocycles.